The van der Waals surface area contributed by atoms with E-state index in [1.807, 2.05) is 37.3 Å². The second kappa shape index (κ2) is 7.64. The number of hydrogen-bond donors (Lipinski definition) is 1. The van der Waals surface area contributed by atoms with Crippen molar-refractivity contribution >= 4 is 17.6 Å². The lowest BCUT2D eigenvalue weighted by Crippen LogP contribution is -2.40. The summed E-state index contributed by atoms with van der Waals surface area (Å²) in [5.41, 5.74) is 1.61. The van der Waals surface area contributed by atoms with E-state index < -0.39 is 12.1 Å². The Kier molecular flexibility index (Phi) is 5.58. The van der Waals surface area contributed by atoms with Crippen LogP contribution in [0.3, 0.4) is 0 Å². The molecule has 0 fully saturated rings. The van der Waals surface area contributed by atoms with Gasteiger partial charge in [-0.3, -0.25) is 4.79 Å². The summed E-state index contributed by atoms with van der Waals surface area (Å²) in [6.45, 7) is 5.64. The quantitative estimate of drug-likeness (QED) is 0.856. The van der Waals surface area contributed by atoms with E-state index in [2.05, 4.69) is 0 Å². The Balaban J connectivity index is 2.11. The van der Waals surface area contributed by atoms with Crippen LogP contribution in [0.15, 0.2) is 48.5 Å². The predicted molar refractivity (Wildman–Crippen MR) is 92.2 cm³/mol. The van der Waals surface area contributed by atoms with Gasteiger partial charge in [-0.15, -0.1) is 0 Å². The number of phenolic OH excluding ortho intramolecular Hbond substituents is 1. The number of rotatable bonds is 5. The number of anilines is 1. The van der Waals surface area contributed by atoms with Gasteiger partial charge in [0.25, 0.3) is 5.91 Å². The van der Waals surface area contributed by atoms with Crippen molar-refractivity contribution in [1.82, 2.24) is 0 Å². The number of carbonyl (C=O) groups excluding carboxylic acids is 2. The van der Waals surface area contributed by atoms with Crippen molar-refractivity contribution in [2.24, 2.45) is 0 Å². The van der Waals surface area contributed by atoms with E-state index in [9.17, 15) is 14.7 Å². The van der Waals surface area contributed by atoms with Gasteiger partial charge in [0, 0.05) is 12.2 Å². The molecule has 0 aromatic heterocycles. The number of amides is 1. The Morgan fingerprint density at radius 3 is 2.42 bits per heavy atom. The standard InChI is InChI=1S/C19H21NO4/c1-4-20(15-8-6-5-7-9-15)18(22)14(3)24-19(23)16-11-10-13(2)12-17(16)21/h5-12,14,21H,4H2,1-3H3/t14-/m0/s1. The van der Waals surface area contributed by atoms with E-state index in [-0.39, 0.29) is 17.2 Å². The largest absolute Gasteiger partial charge is 0.507 e. The third-order valence-corrected chi connectivity index (χ3v) is 3.65. The lowest BCUT2D eigenvalue weighted by molar-refractivity contribution is -0.126. The lowest BCUT2D eigenvalue weighted by Gasteiger charge is -2.24. The first-order chi connectivity index (χ1) is 11.4. The fourth-order valence-electron chi connectivity index (χ4n) is 2.38. The number of likely N-dealkylation sites (N-methyl/N-ethyl adjacent to an activating group) is 1. The lowest BCUT2D eigenvalue weighted by atomic mass is 10.1. The van der Waals surface area contributed by atoms with Gasteiger partial charge in [-0.2, -0.15) is 0 Å². The van der Waals surface area contributed by atoms with Crippen molar-refractivity contribution in [3.63, 3.8) is 0 Å². The predicted octanol–water partition coefficient (Wildman–Crippen LogP) is 3.30. The van der Waals surface area contributed by atoms with Crippen LogP contribution in [0.2, 0.25) is 0 Å². The second-order valence-corrected chi connectivity index (χ2v) is 5.49. The van der Waals surface area contributed by atoms with Crippen LogP contribution >= 0.6 is 0 Å². The number of aromatic hydroxyl groups is 1. The molecule has 1 amide bonds. The van der Waals surface area contributed by atoms with Gasteiger partial charge >= 0.3 is 5.97 Å². The molecule has 0 aliphatic heterocycles. The molecule has 126 valence electrons. The van der Waals surface area contributed by atoms with Crippen LogP contribution in [-0.4, -0.2) is 29.6 Å². The molecule has 5 nitrogen and oxygen atoms in total. The number of ether oxygens (including phenoxy) is 1. The van der Waals surface area contributed by atoms with E-state index in [0.29, 0.717) is 6.54 Å². The molecule has 0 aliphatic rings. The highest BCUT2D eigenvalue weighted by Gasteiger charge is 2.25. The molecule has 0 unspecified atom stereocenters. The molecule has 0 saturated heterocycles. The van der Waals surface area contributed by atoms with Crippen LogP contribution in [0.4, 0.5) is 5.69 Å². The molecule has 24 heavy (non-hydrogen) atoms. The van der Waals surface area contributed by atoms with Crippen molar-refractivity contribution < 1.29 is 19.4 Å². The van der Waals surface area contributed by atoms with Gasteiger partial charge < -0.3 is 14.7 Å². The van der Waals surface area contributed by atoms with E-state index in [0.717, 1.165) is 11.3 Å². The summed E-state index contributed by atoms with van der Waals surface area (Å²) in [6.07, 6.45) is -0.960. The highest BCUT2D eigenvalue weighted by atomic mass is 16.5. The van der Waals surface area contributed by atoms with Crippen LogP contribution in [0.1, 0.15) is 29.8 Å². The zero-order valence-corrected chi connectivity index (χ0v) is 14.0. The molecule has 2 aromatic rings. The summed E-state index contributed by atoms with van der Waals surface area (Å²) in [4.78, 5) is 26.3. The molecule has 2 rings (SSSR count). The Hall–Kier alpha value is -2.82. The van der Waals surface area contributed by atoms with Crippen molar-refractivity contribution in [3.8, 4) is 5.75 Å². The van der Waals surface area contributed by atoms with E-state index >= 15 is 0 Å². The number of phenols is 1. The maximum absolute atomic E-state index is 12.6. The molecule has 0 radical (unpaired) electrons. The zero-order chi connectivity index (χ0) is 17.7. The molecule has 0 aliphatic carbocycles. The van der Waals surface area contributed by atoms with E-state index in [1.165, 1.54) is 19.1 Å². The number of carbonyl (C=O) groups is 2. The highest BCUT2D eigenvalue weighted by molar-refractivity contribution is 5.99. The van der Waals surface area contributed by atoms with E-state index in [4.69, 9.17) is 4.74 Å². The summed E-state index contributed by atoms with van der Waals surface area (Å²) in [6, 6.07) is 13.9. The third-order valence-electron chi connectivity index (χ3n) is 3.65. The fourth-order valence-corrected chi connectivity index (χ4v) is 2.38. The summed E-state index contributed by atoms with van der Waals surface area (Å²) < 4.78 is 5.23. The first-order valence-electron chi connectivity index (χ1n) is 7.81. The van der Waals surface area contributed by atoms with Gasteiger partial charge in [-0.25, -0.2) is 4.79 Å². The normalized spacial score (nSPS) is 11.6. The monoisotopic (exact) mass is 327 g/mol. The minimum absolute atomic E-state index is 0.0445. The summed E-state index contributed by atoms with van der Waals surface area (Å²) in [5, 5.41) is 9.85. The molecule has 0 saturated carbocycles. The first-order valence-corrected chi connectivity index (χ1v) is 7.81. The summed E-state index contributed by atoms with van der Waals surface area (Å²) in [5.74, 6) is -1.20. The van der Waals surface area contributed by atoms with Gasteiger partial charge in [0.15, 0.2) is 6.10 Å². The Morgan fingerprint density at radius 1 is 1.17 bits per heavy atom. The average molecular weight is 327 g/mol. The number of nitrogens with zero attached hydrogens (tertiary/aromatic N) is 1. The van der Waals surface area contributed by atoms with Crippen LogP contribution in [0.25, 0.3) is 0 Å². The molecule has 0 bridgehead atoms. The minimum Gasteiger partial charge on any atom is -0.507 e. The number of aryl methyl sites for hydroxylation is 1. The molecular weight excluding hydrogens is 306 g/mol. The van der Waals surface area contributed by atoms with Crippen LogP contribution in [0, 0.1) is 6.92 Å². The highest BCUT2D eigenvalue weighted by Crippen LogP contribution is 2.21. The molecule has 5 heteroatoms. The van der Waals surface area contributed by atoms with Crippen molar-refractivity contribution in [2.75, 3.05) is 11.4 Å². The van der Waals surface area contributed by atoms with Crippen molar-refractivity contribution in [2.45, 2.75) is 26.9 Å². The molecule has 0 heterocycles. The smallest absolute Gasteiger partial charge is 0.342 e. The van der Waals surface area contributed by atoms with Gasteiger partial charge in [0.05, 0.1) is 0 Å². The molecule has 2 aromatic carbocycles. The van der Waals surface area contributed by atoms with Crippen LogP contribution in [-0.2, 0) is 9.53 Å². The summed E-state index contributed by atoms with van der Waals surface area (Å²) in [7, 11) is 0. The van der Waals surface area contributed by atoms with Gasteiger partial charge in [-0.05, 0) is 50.6 Å². The average Bonchev–Trinajstić information content (AvgIpc) is 2.56. The topological polar surface area (TPSA) is 66.8 Å². The van der Waals surface area contributed by atoms with Crippen molar-refractivity contribution in [1.29, 1.82) is 0 Å². The number of hydrogen-bond acceptors (Lipinski definition) is 4. The Bertz CT molecular complexity index is 727. The third kappa shape index (κ3) is 3.93. The maximum atomic E-state index is 12.6. The van der Waals surface area contributed by atoms with Gasteiger partial charge in [-0.1, -0.05) is 24.3 Å². The van der Waals surface area contributed by atoms with E-state index in [1.54, 1.807) is 17.9 Å². The zero-order valence-electron chi connectivity index (χ0n) is 14.0. The number of esters is 1. The SMILES string of the molecule is CCN(C(=O)[C@H](C)OC(=O)c1ccc(C)cc1O)c1ccccc1. The molecular formula is C19H21NO4. The van der Waals surface area contributed by atoms with Crippen LogP contribution < -0.4 is 4.90 Å². The minimum atomic E-state index is -0.960. The number of benzene rings is 2. The molecule has 0 spiro atoms. The fraction of sp³-hybridized carbons (Fsp3) is 0.263. The Labute approximate surface area is 141 Å². The van der Waals surface area contributed by atoms with Gasteiger partial charge in [0.2, 0.25) is 0 Å². The van der Waals surface area contributed by atoms with Crippen LogP contribution in [0.5, 0.6) is 5.75 Å². The molecule has 1 N–H and O–H groups in total. The Morgan fingerprint density at radius 2 is 1.83 bits per heavy atom. The maximum Gasteiger partial charge on any atom is 0.342 e. The summed E-state index contributed by atoms with van der Waals surface area (Å²) >= 11 is 0. The van der Waals surface area contributed by atoms with Gasteiger partial charge in [0.1, 0.15) is 11.3 Å². The second-order valence-electron chi connectivity index (χ2n) is 5.49. The number of para-hydroxylation sites is 1. The molecule has 1 atom stereocenters. The van der Waals surface area contributed by atoms with Crippen molar-refractivity contribution in [3.05, 3.63) is 59.7 Å². The first kappa shape index (κ1) is 17.5.